The van der Waals surface area contributed by atoms with Gasteiger partial charge in [-0.15, -0.1) is 4.91 Å². The molecule has 1 aromatic carbocycles. The van der Waals surface area contributed by atoms with E-state index in [1.807, 2.05) is 6.07 Å². The minimum Gasteiger partial charge on any atom is -0.337 e. The van der Waals surface area contributed by atoms with Crippen LogP contribution in [0.1, 0.15) is 61.0 Å². The van der Waals surface area contributed by atoms with Crippen molar-refractivity contribution in [3.8, 4) is 0 Å². The van der Waals surface area contributed by atoms with Crippen LogP contribution in [0.2, 0.25) is 0 Å². The van der Waals surface area contributed by atoms with Gasteiger partial charge in [-0.05, 0) is 22.7 Å². The highest BCUT2D eigenvalue weighted by Gasteiger charge is 2.84. The van der Waals surface area contributed by atoms with E-state index >= 15 is 0 Å². The van der Waals surface area contributed by atoms with Crippen LogP contribution in [0.3, 0.4) is 0 Å². The summed E-state index contributed by atoms with van der Waals surface area (Å²) >= 11 is 0. The molecule has 1 aromatic rings. The van der Waals surface area contributed by atoms with E-state index in [1.54, 1.807) is 18.2 Å². The molecule has 0 saturated carbocycles. The largest absolute Gasteiger partial charge is 0.337 e. The van der Waals surface area contributed by atoms with Gasteiger partial charge < -0.3 is 4.74 Å². The summed E-state index contributed by atoms with van der Waals surface area (Å²) in [5, 5.41) is 3.07. The molecule has 2 heterocycles. The molecule has 138 valence electrons. The van der Waals surface area contributed by atoms with Gasteiger partial charge in [0.25, 0.3) is 5.79 Å². The van der Waals surface area contributed by atoms with Crippen LogP contribution in [-0.2, 0) is 20.3 Å². The molecule has 0 N–H and O–H groups in total. The summed E-state index contributed by atoms with van der Waals surface area (Å²) in [6.07, 6.45) is -0.102. The first-order valence-corrected chi connectivity index (χ1v) is 8.82. The fourth-order valence-electron chi connectivity index (χ4n) is 5.26. The highest BCUT2D eigenvalue weighted by molar-refractivity contribution is 5.44. The smallest absolute Gasteiger partial charge is 0.261 e. The zero-order valence-electron chi connectivity index (χ0n) is 16.5. The predicted molar refractivity (Wildman–Crippen MR) is 96.0 cm³/mol. The lowest BCUT2D eigenvalue weighted by molar-refractivity contribution is -0.627. The first kappa shape index (κ1) is 18.5. The normalized spacial score (nSPS) is 34.3. The summed E-state index contributed by atoms with van der Waals surface area (Å²) in [5.41, 5.74) is -0.284. The molecule has 0 radical (unpaired) electrons. The second-order valence-corrected chi connectivity index (χ2v) is 9.94. The minimum atomic E-state index is -1.06. The molecular weight excluding hydrogens is 318 g/mol. The van der Waals surface area contributed by atoms with E-state index in [1.165, 1.54) is 0 Å². The van der Waals surface area contributed by atoms with Gasteiger partial charge in [-0.25, -0.2) is 4.89 Å². The Kier molecular flexibility index (Phi) is 3.79. The zero-order valence-corrected chi connectivity index (χ0v) is 16.5. The van der Waals surface area contributed by atoms with Crippen molar-refractivity contribution >= 4 is 5.69 Å². The highest BCUT2D eigenvalue weighted by atomic mass is 17.3. The Morgan fingerprint density at radius 3 is 2.12 bits per heavy atom. The molecule has 3 unspecified atom stereocenters. The van der Waals surface area contributed by atoms with Crippen LogP contribution >= 0.6 is 0 Å². The van der Waals surface area contributed by atoms with Crippen molar-refractivity contribution in [2.45, 2.75) is 72.9 Å². The topological polar surface area (TPSA) is 57.1 Å². The van der Waals surface area contributed by atoms with E-state index in [9.17, 15) is 4.91 Å². The monoisotopic (exact) mass is 347 g/mol. The fourth-order valence-corrected chi connectivity index (χ4v) is 5.26. The Morgan fingerprint density at radius 1 is 1.04 bits per heavy atom. The summed E-state index contributed by atoms with van der Waals surface area (Å²) < 4.78 is 6.65. The van der Waals surface area contributed by atoms with Gasteiger partial charge in [-0.3, -0.25) is 0 Å². The van der Waals surface area contributed by atoms with Gasteiger partial charge >= 0.3 is 0 Å². The Morgan fingerprint density at radius 2 is 1.68 bits per heavy atom. The van der Waals surface area contributed by atoms with Gasteiger partial charge in [0.2, 0.25) is 0 Å². The number of hydrogen-bond acceptors (Lipinski definition) is 5. The van der Waals surface area contributed by atoms with Crippen LogP contribution in [0.25, 0.3) is 0 Å². The Balaban J connectivity index is 2.26. The molecule has 0 aromatic heterocycles. The van der Waals surface area contributed by atoms with Crippen molar-refractivity contribution in [2.24, 2.45) is 21.4 Å². The maximum Gasteiger partial charge on any atom is 0.261 e. The number of ether oxygens (including phenoxy) is 1. The van der Waals surface area contributed by atoms with Crippen molar-refractivity contribution in [1.29, 1.82) is 0 Å². The molecule has 3 atom stereocenters. The molecule has 2 saturated heterocycles. The molecule has 0 amide bonds. The second kappa shape index (κ2) is 5.12. The van der Waals surface area contributed by atoms with E-state index in [-0.39, 0.29) is 22.3 Å². The Hall–Kier alpha value is -1.30. The van der Waals surface area contributed by atoms with Gasteiger partial charge in [-0.1, -0.05) is 67.5 Å². The molecule has 2 aliphatic rings. The van der Waals surface area contributed by atoms with Crippen LogP contribution < -0.4 is 0 Å². The van der Waals surface area contributed by atoms with Crippen LogP contribution in [0.4, 0.5) is 5.69 Å². The molecule has 0 aliphatic carbocycles. The number of hydrogen-bond donors (Lipinski definition) is 0. The summed E-state index contributed by atoms with van der Waals surface area (Å²) in [6, 6.07) is 7.12. The van der Waals surface area contributed by atoms with Crippen LogP contribution in [0.15, 0.2) is 29.4 Å². The van der Waals surface area contributed by atoms with Gasteiger partial charge in [-0.2, -0.15) is 4.89 Å². The minimum absolute atomic E-state index is 0.102. The van der Waals surface area contributed by atoms with Gasteiger partial charge in [0.1, 0.15) is 5.69 Å². The van der Waals surface area contributed by atoms with Crippen molar-refractivity contribution in [1.82, 2.24) is 0 Å². The van der Waals surface area contributed by atoms with E-state index in [2.05, 4.69) is 60.6 Å². The quantitative estimate of drug-likeness (QED) is 0.527. The molecule has 0 spiro atoms. The average Bonchev–Trinajstić information content (AvgIpc) is 2.58. The molecule has 2 aliphatic heterocycles. The summed E-state index contributed by atoms with van der Waals surface area (Å²) in [6.45, 7) is 17.3. The van der Waals surface area contributed by atoms with Crippen molar-refractivity contribution in [2.75, 3.05) is 0 Å². The molecule has 0 bridgehead atoms. The maximum atomic E-state index is 11.0. The first-order valence-electron chi connectivity index (χ1n) is 8.82. The number of nitrogens with zero attached hydrogens (tertiary/aromatic N) is 1. The second-order valence-electron chi connectivity index (χ2n) is 9.94. The summed E-state index contributed by atoms with van der Waals surface area (Å²) in [4.78, 5) is 22.7. The summed E-state index contributed by atoms with van der Waals surface area (Å²) in [5.74, 6) is -1.06. The number of benzene rings is 1. The van der Waals surface area contributed by atoms with E-state index in [4.69, 9.17) is 14.5 Å². The van der Waals surface area contributed by atoms with Gasteiger partial charge in [0.15, 0.2) is 5.60 Å². The summed E-state index contributed by atoms with van der Waals surface area (Å²) in [7, 11) is 0. The molecular formula is C20H29NO4. The SMILES string of the molecule is CC(C)(C)C1OC2(c3cccc(N=O)c3)OOC2(C(C)(C)C)C1(C)C. The van der Waals surface area contributed by atoms with E-state index in [0.29, 0.717) is 5.69 Å². The van der Waals surface area contributed by atoms with Crippen molar-refractivity contribution in [3.05, 3.63) is 34.7 Å². The lowest BCUT2D eigenvalue weighted by Crippen LogP contribution is -2.73. The molecule has 5 nitrogen and oxygen atoms in total. The Labute approximate surface area is 149 Å². The maximum absolute atomic E-state index is 11.0. The molecule has 3 rings (SSSR count). The van der Waals surface area contributed by atoms with E-state index < -0.39 is 11.4 Å². The third-order valence-corrected chi connectivity index (χ3v) is 5.77. The number of fused-ring (bicyclic) bond motifs is 1. The highest BCUT2D eigenvalue weighted by Crippen LogP contribution is 2.72. The van der Waals surface area contributed by atoms with Crippen LogP contribution in [0.5, 0.6) is 0 Å². The lowest BCUT2D eigenvalue weighted by atomic mass is 9.54. The molecule has 25 heavy (non-hydrogen) atoms. The zero-order chi connectivity index (χ0) is 18.9. The van der Waals surface area contributed by atoms with Gasteiger partial charge in [0, 0.05) is 16.4 Å². The predicted octanol–water partition coefficient (Wildman–Crippen LogP) is 5.46. The number of rotatable bonds is 2. The van der Waals surface area contributed by atoms with Crippen molar-refractivity contribution in [3.63, 3.8) is 0 Å². The van der Waals surface area contributed by atoms with Crippen LogP contribution in [-0.4, -0.2) is 11.7 Å². The van der Waals surface area contributed by atoms with Gasteiger partial charge in [0.05, 0.1) is 6.10 Å². The standard InChI is InChI=1S/C20H29NO4/c1-16(2,3)15-18(7,8)20(17(4,5)6)19(23-15,24-25-20)13-10-9-11-14(12-13)21-22/h9-12,15H,1-8H3. The molecule has 5 heteroatoms. The Bertz CT molecular complexity index is 700. The first-order chi connectivity index (χ1) is 11.3. The van der Waals surface area contributed by atoms with E-state index in [0.717, 1.165) is 5.56 Å². The average molecular weight is 347 g/mol. The fraction of sp³-hybridized carbons (Fsp3) is 0.700. The van der Waals surface area contributed by atoms with Crippen LogP contribution in [0, 0.1) is 21.2 Å². The van der Waals surface area contributed by atoms with Crippen molar-refractivity contribution < 1.29 is 14.5 Å². The third kappa shape index (κ3) is 2.12. The third-order valence-electron chi connectivity index (χ3n) is 5.77. The lowest BCUT2D eigenvalue weighted by Gasteiger charge is -2.61. The molecule has 2 fully saturated rings. The number of nitroso groups, excluding NO2 is 1.